The molecule has 1 aromatic carbocycles. The van der Waals surface area contributed by atoms with Gasteiger partial charge in [-0.2, -0.15) is 4.98 Å². The lowest BCUT2D eigenvalue weighted by Gasteiger charge is -2.05. The highest BCUT2D eigenvalue weighted by atomic mass is 32.2. The first-order chi connectivity index (χ1) is 12.8. The largest absolute Gasteiger partial charge is 0.338 e. The van der Waals surface area contributed by atoms with E-state index in [2.05, 4.69) is 25.3 Å². The molecule has 0 spiro atoms. The van der Waals surface area contributed by atoms with E-state index < -0.39 is 0 Å². The third-order valence-corrected chi connectivity index (χ3v) is 5.83. The Hall–Kier alpha value is -2.15. The summed E-state index contributed by atoms with van der Waals surface area (Å²) in [4.78, 5) is 9.12. The quantitative estimate of drug-likeness (QED) is 0.601. The lowest BCUT2D eigenvalue weighted by molar-refractivity contribution is 0.380. The number of nitrogens with zero attached hydrogens (tertiary/aromatic N) is 4. The summed E-state index contributed by atoms with van der Waals surface area (Å²) in [5, 5.41) is 12.2. The molecular formula is C19H23N5OS. The van der Waals surface area contributed by atoms with Gasteiger partial charge in [-0.25, -0.2) is 4.98 Å². The van der Waals surface area contributed by atoms with Gasteiger partial charge in [0.05, 0.1) is 5.25 Å². The van der Waals surface area contributed by atoms with Crippen LogP contribution in [-0.2, 0) is 6.42 Å². The number of hydrogen-bond acceptors (Lipinski definition) is 6. The molecule has 4 rings (SSSR count). The van der Waals surface area contributed by atoms with Gasteiger partial charge in [-0.1, -0.05) is 72.9 Å². The number of rotatable bonds is 7. The minimum Gasteiger partial charge on any atom is -0.338 e. The number of aromatic amines is 1. The van der Waals surface area contributed by atoms with Crippen LogP contribution in [0.2, 0.25) is 0 Å². The molecule has 6 nitrogen and oxygen atoms in total. The van der Waals surface area contributed by atoms with Crippen LogP contribution in [0.4, 0.5) is 0 Å². The number of thioether (sulfide) groups is 1. The standard InChI is InChI=1S/C19H23N5OS/c1-13(18-21-17(24-25-18)15-9-3-2-4-10-15)26-19-20-16(22-23-19)12-11-14-7-5-6-8-14/h2-4,9-10,13-14H,5-8,11-12H2,1H3,(H,20,22,23). The fourth-order valence-electron chi connectivity index (χ4n) is 3.40. The molecule has 1 saturated carbocycles. The molecule has 0 aliphatic heterocycles. The van der Waals surface area contributed by atoms with Crippen molar-refractivity contribution in [2.75, 3.05) is 0 Å². The molecule has 0 radical (unpaired) electrons. The van der Waals surface area contributed by atoms with Gasteiger partial charge in [-0.05, 0) is 19.3 Å². The van der Waals surface area contributed by atoms with Gasteiger partial charge >= 0.3 is 0 Å². The van der Waals surface area contributed by atoms with Crippen molar-refractivity contribution in [1.29, 1.82) is 0 Å². The van der Waals surface area contributed by atoms with Crippen LogP contribution in [0.3, 0.4) is 0 Å². The Morgan fingerprint density at radius 1 is 1.19 bits per heavy atom. The van der Waals surface area contributed by atoms with E-state index in [-0.39, 0.29) is 5.25 Å². The number of H-pyrrole nitrogens is 1. The van der Waals surface area contributed by atoms with Crippen LogP contribution in [0, 0.1) is 5.92 Å². The zero-order valence-corrected chi connectivity index (χ0v) is 15.7. The smallest absolute Gasteiger partial charge is 0.240 e. The lowest BCUT2D eigenvalue weighted by Crippen LogP contribution is -1.97. The van der Waals surface area contributed by atoms with Crippen molar-refractivity contribution in [2.24, 2.45) is 5.92 Å². The number of aromatic nitrogens is 5. The molecule has 2 heterocycles. The Balaban J connectivity index is 1.34. The molecule has 136 valence electrons. The van der Waals surface area contributed by atoms with Crippen molar-refractivity contribution in [2.45, 2.75) is 55.9 Å². The van der Waals surface area contributed by atoms with Gasteiger partial charge in [0, 0.05) is 12.0 Å². The maximum atomic E-state index is 5.43. The Labute approximate surface area is 157 Å². The maximum absolute atomic E-state index is 5.43. The van der Waals surface area contributed by atoms with Crippen LogP contribution < -0.4 is 0 Å². The van der Waals surface area contributed by atoms with Gasteiger partial charge in [0.2, 0.25) is 16.9 Å². The first-order valence-corrected chi connectivity index (χ1v) is 10.1. The van der Waals surface area contributed by atoms with Crippen molar-refractivity contribution in [3.05, 3.63) is 42.0 Å². The SMILES string of the molecule is CC(Sc1n[nH]c(CCC2CCCC2)n1)c1nc(-c2ccccc2)no1. The zero-order valence-electron chi connectivity index (χ0n) is 14.9. The molecule has 1 N–H and O–H groups in total. The van der Waals surface area contributed by atoms with E-state index in [9.17, 15) is 0 Å². The number of aryl methyl sites for hydroxylation is 1. The Bertz CT molecular complexity index is 825. The third-order valence-electron chi connectivity index (χ3n) is 4.88. The Morgan fingerprint density at radius 2 is 2.00 bits per heavy atom. The average Bonchev–Trinajstić information content (AvgIpc) is 3.42. The van der Waals surface area contributed by atoms with Crippen molar-refractivity contribution in [3.63, 3.8) is 0 Å². The van der Waals surface area contributed by atoms with E-state index in [4.69, 9.17) is 4.52 Å². The van der Waals surface area contributed by atoms with Gasteiger partial charge in [0.15, 0.2) is 0 Å². The maximum Gasteiger partial charge on any atom is 0.240 e. The van der Waals surface area contributed by atoms with Crippen LogP contribution >= 0.6 is 11.8 Å². The second kappa shape index (κ2) is 8.03. The summed E-state index contributed by atoms with van der Waals surface area (Å²) in [6.45, 7) is 2.03. The summed E-state index contributed by atoms with van der Waals surface area (Å²) in [6, 6.07) is 9.84. The fourth-order valence-corrected chi connectivity index (χ4v) is 4.17. The topological polar surface area (TPSA) is 80.5 Å². The first-order valence-electron chi connectivity index (χ1n) is 9.25. The minimum atomic E-state index is -0.00144. The summed E-state index contributed by atoms with van der Waals surface area (Å²) >= 11 is 1.53. The predicted molar refractivity (Wildman–Crippen MR) is 101 cm³/mol. The highest BCUT2D eigenvalue weighted by molar-refractivity contribution is 7.99. The zero-order chi connectivity index (χ0) is 17.8. The molecule has 7 heteroatoms. The first kappa shape index (κ1) is 17.3. The Kier molecular flexibility index (Phi) is 5.34. The molecule has 1 aliphatic rings. The van der Waals surface area contributed by atoms with E-state index in [1.807, 2.05) is 37.3 Å². The van der Waals surface area contributed by atoms with Crippen LogP contribution in [0.5, 0.6) is 0 Å². The molecule has 2 aromatic heterocycles. The number of hydrogen-bond donors (Lipinski definition) is 1. The van der Waals surface area contributed by atoms with Gasteiger partial charge in [0.1, 0.15) is 5.82 Å². The van der Waals surface area contributed by atoms with Crippen LogP contribution in [0.15, 0.2) is 40.0 Å². The highest BCUT2D eigenvalue weighted by Gasteiger charge is 2.19. The van der Waals surface area contributed by atoms with Gasteiger partial charge < -0.3 is 4.52 Å². The summed E-state index contributed by atoms with van der Waals surface area (Å²) in [7, 11) is 0. The van der Waals surface area contributed by atoms with Crippen LogP contribution in [0.25, 0.3) is 11.4 Å². The Morgan fingerprint density at radius 3 is 2.81 bits per heavy atom. The van der Waals surface area contributed by atoms with Crippen molar-refractivity contribution >= 4 is 11.8 Å². The van der Waals surface area contributed by atoms with E-state index >= 15 is 0 Å². The van der Waals surface area contributed by atoms with Gasteiger partial charge in [-0.3, -0.25) is 5.10 Å². The van der Waals surface area contributed by atoms with Crippen molar-refractivity contribution < 1.29 is 4.52 Å². The molecule has 0 bridgehead atoms. The number of benzene rings is 1. The second-order valence-corrected chi connectivity index (χ2v) is 8.14. The lowest BCUT2D eigenvalue weighted by atomic mass is 10.0. The minimum absolute atomic E-state index is 0.00144. The van der Waals surface area contributed by atoms with Crippen molar-refractivity contribution in [1.82, 2.24) is 25.3 Å². The van der Waals surface area contributed by atoms with Crippen LogP contribution in [0.1, 0.15) is 56.0 Å². The van der Waals surface area contributed by atoms with E-state index in [1.165, 1.54) is 43.9 Å². The monoisotopic (exact) mass is 369 g/mol. The molecule has 26 heavy (non-hydrogen) atoms. The molecule has 3 aromatic rings. The molecular weight excluding hydrogens is 346 g/mol. The van der Waals surface area contributed by atoms with Gasteiger partial charge in [-0.15, -0.1) is 5.10 Å². The summed E-state index contributed by atoms with van der Waals surface area (Å²) < 4.78 is 5.43. The summed E-state index contributed by atoms with van der Waals surface area (Å²) in [5.41, 5.74) is 0.951. The third kappa shape index (κ3) is 4.15. The summed E-state index contributed by atoms with van der Waals surface area (Å²) in [6.07, 6.45) is 7.69. The fraction of sp³-hybridized carbons (Fsp3) is 0.474. The number of nitrogens with one attached hydrogen (secondary N) is 1. The van der Waals surface area contributed by atoms with E-state index in [0.717, 1.165) is 28.9 Å². The predicted octanol–water partition coefficient (Wildman–Crippen LogP) is 4.83. The normalized spacial score (nSPS) is 16.2. The average molecular weight is 369 g/mol. The van der Waals surface area contributed by atoms with E-state index in [1.54, 1.807) is 0 Å². The molecule has 1 fully saturated rings. The molecule has 1 atom stereocenters. The summed E-state index contributed by atoms with van der Waals surface area (Å²) in [5.74, 6) is 3.04. The van der Waals surface area contributed by atoms with Crippen molar-refractivity contribution in [3.8, 4) is 11.4 Å². The molecule has 0 amide bonds. The molecule has 1 aliphatic carbocycles. The van der Waals surface area contributed by atoms with E-state index in [0.29, 0.717) is 11.7 Å². The molecule has 1 unspecified atom stereocenters. The van der Waals surface area contributed by atoms with Crippen LogP contribution in [-0.4, -0.2) is 25.3 Å². The highest BCUT2D eigenvalue weighted by Crippen LogP contribution is 2.33. The molecule has 0 saturated heterocycles. The van der Waals surface area contributed by atoms with Gasteiger partial charge in [0.25, 0.3) is 0 Å². The second-order valence-electron chi connectivity index (χ2n) is 6.84.